The maximum atomic E-state index is 11.9. The normalized spacial score (nSPS) is 12.3. The van der Waals surface area contributed by atoms with Gasteiger partial charge in [-0.1, -0.05) is 38.1 Å². The third kappa shape index (κ3) is 3.01. The number of alkyl halides is 1. The molecule has 0 aliphatic carbocycles. The van der Waals surface area contributed by atoms with Crippen molar-refractivity contribution >= 4 is 23.6 Å². The second kappa shape index (κ2) is 5.87. The largest absolute Gasteiger partial charge is 0.465 e. The number of halogens is 1. The predicted octanol–water partition coefficient (Wildman–Crippen LogP) is 3.23. The van der Waals surface area contributed by atoms with Crippen LogP contribution in [0.3, 0.4) is 0 Å². The van der Waals surface area contributed by atoms with Crippen molar-refractivity contribution in [3.05, 3.63) is 35.4 Å². The maximum absolute atomic E-state index is 11.9. The van der Waals surface area contributed by atoms with Crippen molar-refractivity contribution in [3.8, 4) is 0 Å². The first kappa shape index (κ1) is 14.5. The van der Waals surface area contributed by atoms with Gasteiger partial charge in [0.05, 0.1) is 0 Å². The molecule has 0 aliphatic heterocycles. The zero-order chi connectivity index (χ0) is 13.9. The number of imide groups is 1. The molecule has 5 heteroatoms. The van der Waals surface area contributed by atoms with E-state index in [-0.39, 0.29) is 5.92 Å². The van der Waals surface area contributed by atoms with E-state index < -0.39 is 17.4 Å². The molecule has 1 unspecified atom stereocenters. The summed E-state index contributed by atoms with van der Waals surface area (Å²) in [6, 6.07) is 7.29. The molecule has 0 saturated heterocycles. The number of hydrogen-bond acceptors (Lipinski definition) is 2. The van der Waals surface area contributed by atoms with Crippen LogP contribution >= 0.6 is 11.6 Å². The molecular formula is C13H16ClNO3. The number of hydrogen-bond donors (Lipinski definition) is 1. The van der Waals surface area contributed by atoms with Gasteiger partial charge in [-0.25, -0.2) is 9.69 Å². The van der Waals surface area contributed by atoms with E-state index in [1.165, 1.54) is 7.05 Å². The van der Waals surface area contributed by atoms with Gasteiger partial charge >= 0.3 is 6.09 Å². The first-order valence-electron chi connectivity index (χ1n) is 5.59. The van der Waals surface area contributed by atoms with Gasteiger partial charge in [-0.3, -0.25) is 4.79 Å². The van der Waals surface area contributed by atoms with Crippen LogP contribution in [0.25, 0.3) is 0 Å². The van der Waals surface area contributed by atoms with Crippen LogP contribution in [0.1, 0.15) is 36.3 Å². The fraction of sp³-hybridized carbons (Fsp3) is 0.385. The molecule has 1 aromatic carbocycles. The van der Waals surface area contributed by atoms with E-state index in [2.05, 4.69) is 0 Å². The topological polar surface area (TPSA) is 57.6 Å². The molecule has 2 amide bonds. The Morgan fingerprint density at radius 3 is 2.17 bits per heavy atom. The summed E-state index contributed by atoms with van der Waals surface area (Å²) in [6.07, 6.45) is -1.31. The highest BCUT2D eigenvalue weighted by Crippen LogP contribution is 2.30. The van der Waals surface area contributed by atoms with E-state index in [0.29, 0.717) is 10.5 Å². The summed E-state index contributed by atoms with van der Waals surface area (Å²) in [5.74, 6) is -0.428. The minimum atomic E-state index is -1.31. The smallest absolute Gasteiger partial charge is 0.413 e. The van der Waals surface area contributed by atoms with E-state index in [1.54, 1.807) is 12.1 Å². The van der Waals surface area contributed by atoms with Gasteiger partial charge in [0.2, 0.25) is 0 Å². The molecule has 0 fully saturated rings. The highest BCUT2D eigenvalue weighted by atomic mass is 35.5. The molecule has 0 heterocycles. The van der Waals surface area contributed by atoms with Crippen LogP contribution in [0.5, 0.6) is 0 Å². The molecule has 0 saturated carbocycles. The maximum Gasteiger partial charge on any atom is 0.413 e. The number of amides is 2. The fourth-order valence-electron chi connectivity index (χ4n) is 1.66. The highest BCUT2D eigenvalue weighted by molar-refractivity contribution is 6.31. The lowest BCUT2D eigenvalue weighted by Crippen LogP contribution is -2.34. The Labute approximate surface area is 111 Å². The molecule has 1 aromatic rings. The van der Waals surface area contributed by atoms with Gasteiger partial charge in [-0.2, -0.15) is 0 Å². The van der Waals surface area contributed by atoms with Crippen molar-refractivity contribution in [3.63, 3.8) is 0 Å². The van der Waals surface area contributed by atoms with Crippen LogP contribution in [0.2, 0.25) is 0 Å². The predicted molar refractivity (Wildman–Crippen MR) is 69.9 cm³/mol. The minimum absolute atomic E-state index is 0.213. The number of likely N-dealkylation sites (N-methyl/N-ethyl adjacent to an activating group) is 1. The molecule has 0 spiro atoms. The molecule has 1 rings (SSSR count). The first-order valence-corrected chi connectivity index (χ1v) is 6.03. The molecule has 0 aliphatic rings. The van der Waals surface area contributed by atoms with Crippen molar-refractivity contribution < 1.29 is 14.7 Å². The van der Waals surface area contributed by atoms with Crippen molar-refractivity contribution in [2.24, 2.45) is 0 Å². The molecular weight excluding hydrogens is 254 g/mol. The summed E-state index contributed by atoms with van der Waals surface area (Å²) < 4.78 is 0. The second-order valence-corrected chi connectivity index (χ2v) is 4.76. The van der Waals surface area contributed by atoms with Gasteiger partial charge in [-0.15, -0.1) is 11.6 Å². The lowest BCUT2D eigenvalue weighted by atomic mass is 9.95. The first-order chi connectivity index (χ1) is 8.36. The van der Waals surface area contributed by atoms with Crippen LogP contribution in [0.15, 0.2) is 24.3 Å². The summed E-state index contributed by atoms with van der Waals surface area (Å²) in [5, 5.41) is 7.79. The number of carboxylic acid groups (broad SMARTS) is 1. The third-order valence-corrected chi connectivity index (χ3v) is 3.15. The quantitative estimate of drug-likeness (QED) is 0.857. The number of carbonyl (C=O) groups excluding carboxylic acids is 1. The number of carbonyl (C=O) groups is 2. The Morgan fingerprint density at radius 2 is 1.72 bits per heavy atom. The van der Waals surface area contributed by atoms with E-state index in [9.17, 15) is 9.59 Å². The van der Waals surface area contributed by atoms with Crippen LogP contribution in [-0.2, 0) is 4.79 Å². The molecule has 0 aromatic heterocycles. The number of benzene rings is 1. The Bertz CT molecular complexity index is 459. The zero-order valence-corrected chi connectivity index (χ0v) is 11.3. The van der Waals surface area contributed by atoms with Crippen LogP contribution < -0.4 is 0 Å². The van der Waals surface area contributed by atoms with Gasteiger partial charge < -0.3 is 5.11 Å². The number of nitrogens with zero attached hydrogens (tertiary/aromatic N) is 1. The summed E-state index contributed by atoms with van der Waals surface area (Å²) in [7, 11) is 1.19. The third-order valence-electron chi connectivity index (χ3n) is 2.73. The van der Waals surface area contributed by atoms with Gasteiger partial charge in [0.25, 0.3) is 5.91 Å². The van der Waals surface area contributed by atoms with Crippen molar-refractivity contribution in [1.29, 1.82) is 0 Å². The molecule has 4 nitrogen and oxygen atoms in total. The summed E-state index contributed by atoms with van der Waals surface area (Å²) >= 11 is 6.09. The Morgan fingerprint density at radius 1 is 1.22 bits per heavy atom. The van der Waals surface area contributed by atoms with E-state index in [0.717, 1.165) is 5.56 Å². The van der Waals surface area contributed by atoms with E-state index >= 15 is 0 Å². The molecule has 1 atom stereocenters. The van der Waals surface area contributed by atoms with Crippen LogP contribution in [0.4, 0.5) is 4.79 Å². The van der Waals surface area contributed by atoms with E-state index in [4.69, 9.17) is 16.7 Å². The SMILES string of the molecule is CC(C)c1ccccc1C(Cl)C(=O)N(C)C(=O)O. The molecule has 0 radical (unpaired) electrons. The highest BCUT2D eigenvalue weighted by Gasteiger charge is 2.27. The van der Waals surface area contributed by atoms with Gasteiger partial charge in [0.15, 0.2) is 0 Å². The van der Waals surface area contributed by atoms with E-state index in [1.807, 2.05) is 26.0 Å². The second-order valence-electron chi connectivity index (χ2n) is 4.33. The molecule has 0 bridgehead atoms. The zero-order valence-electron chi connectivity index (χ0n) is 10.6. The monoisotopic (exact) mass is 269 g/mol. The Kier molecular flexibility index (Phi) is 4.73. The standard InChI is InChI=1S/C13H16ClNO3/c1-8(2)9-6-4-5-7-10(9)11(14)12(16)15(3)13(17)18/h4-8,11H,1-3H3,(H,17,18). The van der Waals surface area contributed by atoms with Crippen molar-refractivity contribution in [1.82, 2.24) is 4.90 Å². The van der Waals surface area contributed by atoms with Crippen molar-refractivity contribution in [2.45, 2.75) is 25.1 Å². The average Bonchev–Trinajstić information content (AvgIpc) is 2.35. The van der Waals surface area contributed by atoms with Gasteiger partial charge in [-0.05, 0) is 17.0 Å². The average molecular weight is 270 g/mol. The molecule has 98 valence electrons. The van der Waals surface area contributed by atoms with Crippen molar-refractivity contribution in [2.75, 3.05) is 7.05 Å². The molecule has 18 heavy (non-hydrogen) atoms. The fourth-order valence-corrected chi connectivity index (χ4v) is 2.01. The summed E-state index contributed by atoms with van der Waals surface area (Å²) in [6.45, 7) is 3.99. The minimum Gasteiger partial charge on any atom is -0.465 e. The lowest BCUT2D eigenvalue weighted by Gasteiger charge is -2.19. The summed E-state index contributed by atoms with van der Waals surface area (Å²) in [4.78, 5) is 23.2. The lowest BCUT2D eigenvalue weighted by molar-refractivity contribution is -0.127. The Hall–Kier alpha value is -1.55. The Balaban J connectivity index is 3.07. The number of rotatable bonds is 3. The van der Waals surface area contributed by atoms with Crippen LogP contribution in [0, 0.1) is 0 Å². The summed E-state index contributed by atoms with van der Waals surface area (Å²) in [5.41, 5.74) is 1.61. The van der Waals surface area contributed by atoms with Crippen LogP contribution in [-0.4, -0.2) is 29.1 Å². The molecule has 1 N–H and O–H groups in total. The van der Waals surface area contributed by atoms with Gasteiger partial charge in [0.1, 0.15) is 5.38 Å². The van der Waals surface area contributed by atoms with Gasteiger partial charge in [0, 0.05) is 7.05 Å².